The fourth-order valence-corrected chi connectivity index (χ4v) is 1.45. The van der Waals surface area contributed by atoms with Crippen molar-refractivity contribution in [1.82, 2.24) is 10.3 Å². The predicted molar refractivity (Wildman–Crippen MR) is 58.2 cm³/mol. The number of benzene rings is 1. The number of fused-ring (bicyclic) bond motifs is 1. The third-order valence-corrected chi connectivity index (χ3v) is 2.24. The molecule has 4 heteroatoms. The Morgan fingerprint density at radius 2 is 2.33 bits per heavy atom. The van der Waals surface area contributed by atoms with E-state index in [1.54, 1.807) is 6.07 Å². The lowest BCUT2D eigenvalue weighted by Gasteiger charge is -2.03. The topological polar surface area (TPSA) is 65.1 Å². The van der Waals surface area contributed by atoms with E-state index in [0.717, 1.165) is 11.1 Å². The number of hydrogen-bond donors (Lipinski definition) is 3. The Bertz CT molecular complexity index is 528. The maximum Gasteiger partial charge on any atom is 0.211 e. The third kappa shape index (κ3) is 1.57. The number of hydrogen-bond acceptors (Lipinski definition) is 2. The molecule has 0 saturated heterocycles. The molecular formula is C11H10N2O2. The molecule has 0 aliphatic rings. The van der Waals surface area contributed by atoms with E-state index in [0.29, 0.717) is 17.5 Å². The van der Waals surface area contributed by atoms with Gasteiger partial charge in [0.2, 0.25) is 6.41 Å². The maximum absolute atomic E-state index is 10.2. The summed E-state index contributed by atoms with van der Waals surface area (Å²) in [6.45, 7) is 3.70. The average Bonchev–Trinajstić information content (AvgIpc) is 2.60. The van der Waals surface area contributed by atoms with Crippen molar-refractivity contribution in [3.05, 3.63) is 36.5 Å². The molecule has 15 heavy (non-hydrogen) atoms. The molecule has 2 rings (SSSR count). The fraction of sp³-hybridized carbons (Fsp3) is 0. The number of amides is 1. The van der Waals surface area contributed by atoms with E-state index in [1.165, 1.54) is 6.20 Å². The van der Waals surface area contributed by atoms with E-state index in [1.807, 2.05) is 12.1 Å². The Hall–Kier alpha value is -2.23. The van der Waals surface area contributed by atoms with Crippen LogP contribution in [0.5, 0.6) is 5.75 Å². The monoisotopic (exact) mass is 202 g/mol. The molecule has 1 aromatic heterocycles. The Kier molecular flexibility index (Phi) is 2.17. The molecule has 1 aromatic carbocycles. The van der Waals surface area contributed by atoms with Gasteiger partial charge in [0.25, 0.3) is 0 Å². The first-order valence-electron chi connectivity index (χ1n) is 4.42. The summed E-state index contributed by atoms with van der Waals surface area (Å²) in [7, 11) is 0. The summed E-state index contributed by atoms with van der Waals surface area (Å²) in [5.41, 5.74) is 2.12. The predicted octanol–water partition coefficient (Wildman–Crippen LogP) is 1.59. The van der Waals surface area contributed by atoms with Gasteiger partial charge < -0.3 is 15.4 Å². The van der Waals surface area contributed by atoms with Crippen LogP contribution in [0.1, 0.15) is 5.56 Å². The smallest absolute Gasteiger partial charge is 0.211 e. The van der Waals surface area contributed by atoms with Crippen LogP contribution in [0.25, 0.3) is 16.6 Å². The summed E-state index contributed by atoms with van der Waals surface area (Å²) >= 11 is 0. The van der Waals surface area contributed by atoms with Gasteiger partial charge in [0.1, 0.15) is 5.75 Å². The first-order chi connectivity index (χ1) is 7.22. The van der Waals surface area contributed by atoms with Gasteiger partial charge in [-0.1, -0.05) is 12.6 Å². The number of aromatic hydroxyl groups is 1. The van der Waals surface area contributed by atoms with Crippen molar-refractivity contribution in [3.63, 3.8) is 0 Å². The van der Waals surface area contributed by atoms with Crippen molar-refractivity contribution in [1.29, 1.82) is 0 Å². The van der Waals surface area contributed by atoms with Gasteiger partial charge in [0.15, 0.2) is 0 Å². The molecule has 0 spiro atoms. The molecule has 4 nitrogen and oxygen atoms in total. The summed E-state index contributed by atoms with van der Waals surface area (Å²) in [4.78, 5) is 13.2. The summed E-state index contributed by atoms with van der Waals surface area (Å²) < 4.78 is 0. The van der Waals surface area contributed by atoms with Crippen molar-refractivity contribution in [3.8, 4) is 5.75 Å². The minimum Gasteiger partial charge on any atom is -0.506 e. The molecular weight excluding hydrogens is 192 g/mol. The maximum atomic E-state index is 10.2. The van der Waals surface area contributed by atoms with Gasteiger partial charge in [-0.15, -0.1) is 0 Å². The van der Waals surface area contributed by atoms with E-state index < -0.39 is 0 Å². The Morgan fingerprint density at radius 1 is 1.53 bits per heavy atom. The Morgan fingerprint density at radius 3 is 3.07 bits per heavy atom. The van der Waals surface area contributed by atoms with Crippen LogP contribution in [0.2, 0.25) is 0 Å². The van der Waals surface area contributed by atoms with E-state index in [2.05, 4.69) is 16.9 Å². The van der Waals surface area contributed by atoms with Crippen molar-refractivity contribution in [2.75, 3.05) is 0 Å². The van der Waals surface area contributed by atoms with Crippen LogP contribution in [0, 0.1) is 0 Å². The number of carbonyl (C=O) groups is 1. The fourth-order valence-electron chi connectivity index (χ4n) is 1.45. The van der Waals surface area contributed by atoms with Crippen LogP contribution >= 0.6 is 0 Å². The number of aromatic amines is 1. The zero-order valence-corrected chi connectivity index (χ0v) is 7.95. The van der Waals surface area contributed by atoms with Crippen LogP contribution in [0.15, 0.2) is 31.0 Å². The highest BCUT2D eigenvalue weighted by molar-refractivity contribution is 5.89. The second kappa shape index (κ2) is 3.49. The summed E-state index contributed by atoms with van der Waals surface area (Å²) in [6.07, 6.45) is 2.09. The lowest BCUT2D eigenvalue weighted by Crippen LogP contribution is -2.07. The third-order valence-electron chi connectivity index (χ3n) is 2.24. The minimum absolute atomic E-state index is 0.186. The molecule has 0 aliphatic carbocycles. The van der Waals surface area contributed by atoms with Gasteiger partial charge in [-0.3, -0.25) is 4.79 Å². The molecule has 1 amide bonds. The molecule has 0 aliphatic heterocycles. The van der Waals surface area contributed by atoms with Crippen LogP contribution in [-0.4, -0.2) is 16.5 Å². The lowest BCUT2D eigenvalue weighted by atomic mass is 10.1. The van der Waals surface area contributed by atoms with Crippen LogP contribution in [0.4, 0.5) is 0 Å². The van der Waals surface area contributed by atoms with Crippen molar-refractivity contribution < 1.29 is 9.90 Å². The highest BCUT2D eigenvalue weighted by Crippen LogP contribution is 2.26. The van der Waals surface area contributed by atoms with Gasteiger partial charge >= 0.3 is 0 Å². The van der Waals surface area contributed by atoms with E-state index in [9.17, 15) is 9.90 Å². The highest BCUT2D eigenvalue weighted by atomic mass is 16.3. The number of H-pyrrole nitrogens is 1. The first kappa shape index (κ1) is 9.33. The lowest BCUT2D eigenvalue weighted by molar-refractivity contribution is -0.108. The number of nitrogens with one attached hydrogen (secondary N) is 2. The Labute approximate surface area is 86.2 Å². The largest absolute Gasteiger partial charge is 0.506 e. The van der Waals surface area contributed by atoms with Crippen molar-refractivity contribution >= 4 is 23.0 Å². The number of carbonyl (C=O) groups excluding carboxylic acids is 1. The zero-order chi connectivity index (χ0) is 10.8. The number of aromatic nitrogens is 1. The number of rotatable bonds is 3. The molecule has 1 heterocycles. The summed E-state index contributed by atoms with van der Waals surface area (Å²) in [5, 5.41) is 12.7. The SMILES string of the molecule is C=C(NC=O)c1ccc2[nH]cc(O)c2c1. The van der Waals surface area contributed by atoms with Gasteiger partial charge in [0.05, 0.1) is 0 Å². The van der Waals surface area contributed by atoms with Crippen molar-refractivity contribution in [2.45, 2.75) is 0 Å². The molecule has 0 saturated carbocycles. The molecule has 0 unspecified atom stereocenters. The summed E-state index contributed by atoms with van der Waals surface area (Å²) in [5.74, 6) is 0.186. The normalized spacial score (nSPS) is 10.1. The van der Waals surface area contributed by atoms with Crippen LogP contribution < -0.4 is 5.32 Å². The molecule has 76 valence electrons. The molecule has 0 radical (unpaired) electrons. The summed E-state index contributed by atoms with van der Waals surface area (Å²) in [6, 6.07) is 5.40. The van der Waals surface area contributed by atoms with E-state index in [4.69, 9.17) is 0 Å². The van der Waals surface area contributed by atoms with Crippen molar-refractivity contribution in [2.24, 2.45) is 0 Å². The zero-order valence-electron chi connectivity index (χ0n) is 7.95. The van der Waals surface area contributed by atoms with Gasteiger partial charge in [0, 0.05) is 22.8 Å². The second-order valence-corrected chi connectivity index (χ2v) is 3.18. The minimum atomic E-state index is 0.186. The first-order valence-corrected chi connectivity index (χ1v) is 4.42. The van der Waals surface area contributed by atoms with Crippen LogP contribution in [0.3, 0.4) is 0 Å². The molecule has 0 fully saturated rings. The average molecular weight is 202 g/mol. The highest BCUT2D eigenvalue weighted by Gasteiger charge is 2.04. The standard InChI is InChI=1S/C11H10N2O2/c1-7(13-6-14)8-2-3-10-9(4-8)11(15)5-12-10/h2-6,12,15H,1H2,(H,13,14). The molecule has 2 aromatic rings. The quantitative estimate of drug-likeness (QED) is 0.662. The second-order valence-electron chi connectivity index (χ2n) is 3.18. The van der Waals surface area contributed by atoms with Crippen LogP contribution in [-0.2, 0) is 4.79 Å². The molecule has 0 bridgehead atoms. The molecule has 0 atom stereocenters. The van der Waals surface area contributed by atoms with Gasteiger partial charge in [-0.2, -0.15) is 0 Å². The van der Waals surface area contributed by atoms with E-state index >= 15 is 0 Å². The van der Waals surface area contributed by atoms with Gasteiger partial charge in [-0.25, -0.2) is 0 Å². The molecule has 3 N–H and O–H groups in total. The Balaban J connectivity index is 2.49. The van der Waals surface area contributed by atoms with E-state index in [-0.39, 0.29) is 5.75 Å². The van der Waals surface area contributed by atoms with Gasteiger partial charge in [-0.05, 0) is 17.7 Å².